The Balaban J connectivity index is 1.71. The van der Waals surface area contributed by atoms with Gasteiger partial charge in [-0.2, -0.15) is 0 Å². The summed E-state index contributed by atoms with van der Waals surface area (Å²) in [7, 11) is 0. The minimum absolute atomic E-state index is 0.0524. The Morgan fingerprint density at radius 3 is 2.85 bits per heavy atom. The minimum Gasteiger partial charge on any atom is -0.469 e. The number of amides is 1. The molecule has 112 valence electrons. The van der Waals surface area contributed by atoms with Crippen LogP contribution in [0.15, 0.2) is 22.8 Å². The van der Waals surface area contributed by atoms with E-state index in [-0.39, 0.29) is 12.5 Å². The van der Waals surface area contributed by atoms with Gasteiger partial charge in [0.25, 0.3) is 0 Å². The van der Waals surface area contributed by atoms with Crippen molar-refractivity contribution < 1.29 is 14.3 Å². The fraction of sp³-hybridized carbons (Fsp3) is 0.688. The summed E-state index contributed by atoms with van der Waals surface area (Å²) in [5, 5.41) is 13.1. The third-order valence-electron chi connectivity index (χ3n) is 4.00. The summed E-state index contributed by atoms with van der Waals surface area (Å²) in [6, 6.07) is 3.63. The highest BCUT2D eigenvalue weighted by molar-refractivity contribution is 5.76. The molecular formula is C16H25NO3. The first-order valence-electron chi connectivity index (χ1n) is 7.57. The van der Waals surface area contributed by atoms with E-state index < -0.39 is 5.60 Å². The van der Waals surface area contributed by atoms with Crippen LogP contribution in [0.4, 0.5) is 0 Å². The zero-order valence-corrected chi connectivity index (χ0v) is 12.2. The van der Waals surface area contributed by atoms with Crippen molar-refractivity contribution in [1.82, 2.24) is 5.32 Å². The van der Waals surface area contributed by atoms with E-state index in [2.05, 4.69) is 5.32 Å². The number of hydrogen-bond donors (Lipinski definition) is 2. The summed E-state index contributed by atoms with van der Waals surface area (Å²) in [4.78, 5) is 11.9. The van der Waals surface area contributed by atoms with Crippen molar-refractivity contribution in [3.05, 3.63) is 24.2 Å². The molecule has 0 aliphatic heterocycles. The number of carbonyl (C=O) groups is 1. The molecule has 0 radical (unpaired) electrons. The topological polar surface area (TPSA) is 62.5 Å². The van der Waals surface area contributed by atoms with Crippen molar-refractivity contribution in [2.24, 2.45) is 5.92 Å². The van der Waals surface area contributed by atoms with Crippen molar-refractivity contribution in [2.75, 3.05) is 6.54 Å². The SMILES string of the molecule is CC(O)(CNC(=O)CC1CCCCC1)Cc1ccco1. The van der Waals surface area contributed by atoms with Gasteiger partial charge in [0.2, 0.25) is 5.91 Å². The molecule has 1 amide bonds. The molecule has 1 unspecified atom stereocenters. The number of nitrogens with one attached hydrogen (secondary N) is 1. The van der Waals surface area contributed by atoms with Gasteiger partial charge in [-0.05, 0) is 37.8 Å². The molecule has 0 spiro atoms. The van der Waals surface area contributed by atoms with E-state index in [0.29, 0.717) is 18.8 Å². The van der Waals surface area contributed by atoms with Gasteiger partial charge in [-0.25, -0.2) is 0 Å². The second-order valence-electron chi connectivity index (χ2n) is 6.24. The molecule has 2 rings (SSSR count). The molecule has 0 saturated heterocycles. The molecule has 20 heavy (non-hydrogen) atoms. The predicted octanol–water partition coefficient (Wildman–Crippen LogP) is 2.66. The van der Waals surface area contributed by atoms with E-state index in [9.17, 15) is 9.90 Å². The van der Waals surface area contributed by atoms with Crippen LogP contribution in [0.5, 0.6) is 0 Å². The lowest BCUT2D eigenvalue weighted by molar-refractivity contribution is -0.123. The quantitative estimate of drug-likeness (QED) is 0.841. The first-order valence-corrected chi connectivity index (χ1v) is 7.57. The van der Waals surface area contributed by atoms with Crippen molar-refractivity contribution in [2.45, 2.75) is 57.5 Å². The molecule has 1 atom stereocenters. The Labute approximate surface area is 120 Å². The minimum atomic E-state index is -0.972. The van der Waals surface area contributed by atoms with Crippen LogP contribution >= 0.6 is 0 Å². The van der Waals surface area contributed by atoms with E-state index in [4.69, 9.17) is 4.42 Å². The Morgan fingerprint density at radius 2 is 2.20 bits per heavy atom. The number of carbonyl (C=O) groups excluding carboxylic acids is 1. The first kappa shape index (κ1) is 15.1. The van der Waals surface area contributed by atoms with Gasteiger partial charge in [-0.1, -0.05) is 19.3 Å². The molecule has 4 heteroatoms. The van der Waals surface area contributed by atoms with Crippen LogP contribution in [0.1, 0.15) is 51.2 Å². The normalized spacial score (nSPS) is 19.5. The zero-order valence-electron chi connectivity index (χ0n) is 12.2. The molecule has 0 aromatic carbocycles. The summed E-state index contributed by atoms with van der Waals surface area (Å²) in [5.41, 5.74) is -0.972. The maximum atomic E-state index is 11.9. The summed E-state index contributed by atoms with van der Waals surface area (Å²) in [6.45, 7) is 1.98. The molecule has 1 aliphatic carbocycles. The van der Waals surface area contributed by atoms with Crippen molar-refractivity contribution in [1.29, 1.82) is 0 Å². The van der Waals surface area contributed by atoms with Crippen LogP contribution in [0.2, 0.25) is 0 Å². The Kier molecular flexibility index (Phi) is 5.24. The fourth-order valence-electron chi connectivity index (χ4n) is 2.87. The van der Waals surface area contributed by atoms with Gasteiger partial charge in [-0.15, -0.1) is 0 Å². The summed E-state index contributed by atoms with van der Waals surface area (Å²) in [5.74, 6) is 1.31. The van der Waals surface area contributed by atoms with Gasteiger partial charge in [0.05, 0.1) is 11.9 Å². The lowest BCUT2D eigenvalue weighted by atomic mass is 9.87. The monoisotopic (exact) mass is 279 g/mol. The van der Waals surface area contributed by atoms with Crippen LogP contribution in [-0.2, 0) is 11.2 Å². The van der Waals surface area contributed by atoms with E-state index in [0.717, 1.165) is 18.6 Å². The lowest BCUT2D eigenvalue weighted by Crippen LogP contribution is -2.42. The van der Waals surface area contributed by atoms with E-state index >= 15 is 0 Å². The van der Waals surface area contributed by atoms with Gasteiger partial charge >= 0.3 is 0 Å². The standard InChI is InChI=1S/C16H25NO3/c1-16(19,11-14-8-5-9-20-14)12-17-15(18)10-13-6-3-2-4-7-13/h5,8-9,13,19H,2-4,6-7,10-12H2,1H3,(H,17,18). The molecule has 1 fully saturated rings. The van der Waals surface area contributed by atoms with E-state index in [1.54, 1.807) is 19.3 Å². The Morgan fingerprint density at radius 1 is 1.45 bits per heavy atom. The van der Waals surface area contributed by atoms with Crippen LogP contribution in [0, 0.1) is 5.92 Å². The molecule has 0 bridgehead atoms. The Bertz CT molecular complexity index is 405. The predicted molar refractivity (Wildman–Crippen MR) is 77.2 cm³/mol. The van der Waals surface area contributed by atoms with E-state index in [1.165, 1.54) is 19.3 Å². The number of furan rings is 1. The number of hydrogen-bond acceptors (Lipinski definition) is 3. The average molecular weight is 279 g/mol. The van der Waals surface area contributed by atoms with Crippen LogP contribution in [0.3, 0.4) is 0 Å². The van der Waals surface area contributed by atoms with Gasteiger partial charge in [0, 0.05) is 19.4 Å². The van der Waals surface area contributed by atoms with Crippen LogP contribution < -0.4 is 5.32 Å². The molecule has 1 saturated carbocycles. The number of aliphatic hydroxyl groups is 1. The lowest BCUT2D eigenvalue weighted by Gasteiger charge is -2.24. The summed E-state index contributed by atoms with van der Waals surface area (Å²) >= 11 is 0. The Hall–Kier alpha value is -1.29. The van der Waals surface area contributed by atoms with Gasteiger partial charge in [0.1, 0.15) is 5.76 Å². The first-order chi connectivity index (χ1) is 9.55. The maximum Gasteiger partial charge on any atom is 0.220 e. The van der Waals surface area contributed by atoms with Crippen LogP contribution in [-0.4, -0.2) is 23.2 Å². The summed E-state index contributed by atoms with van der Waals surface area (Å²) < 4.78 is 5.22. The van der Waals surface area contributed by atoms with Crippen molar-refractivity contribution >= 4 is 5.91 Å². The third kappa shape index (κ3) is 5.00. The maximum absolute atomic E-state index is 11.9. The molecule has 1 aromatic rings. The highest BCUT2D eigenvalue weighted by Crippen LogP contribution is 2.26. The molecule has 1 aromatic heterocycles. The second kappa shape index (κ2) is 6.93. The molecule has 1 heterocycles. The fourth-order valence-corrected chi connectivity index (χ4v) is 2.87. The molecule has 2 N–H and O–H groups in total. The smallest absolute Gasteiger partial charge is 0.220 e. The van der Waals surface area contributed by atoms with Crippen molar-refractivity contribution in [3.63, 3.8) is 0 Å². The zero-order chi connectivity index (χ0) is 14.4. The van der Waals surface area contributed by atoms with Gasteiger partial charge in [-0.3, -0.25) is 4.79 Å². The molecule has 4 nitrogen and oxygen atoms in total. The van der Waals surface area contributed by atoms with Gasteiger partial charge < -0.3 is 14.8 Å². The molecule has 1 aliphatic rings. The van der Waals surface area contributed by atoms with Gasteiger partial charge in [0.15, 0.2) is 0 Å². The van der Waals surface area contributed by atoms with Crippen molar-refractivity contribution in [3.8, 4) is 0 Å². The third-order valence-corrected chi connectivity index (χ3v) is 4.00. The summed E-state index contributed by atoms with van der Waals surface area (Å²) in [6.07, 6.45) is 8.71. The second-order valence-corrected chi connectivity index (χ2v) is 6.24. The van der Waals surface area contributed by atoms with E-state index in [1.807, 2.05) is 6.07 Å². The highest BCUT2D eigenvalue weighted by atomic mass is 16.3. The number of rotatable bonds is 6. The molecular weight excluding hydrogens is 254 g/mol. The highest BCUT2D eigenvalue weighted by Gasteiger charge is 2.24. The largest absolute Gasteiger partial charge is 0.469 e. The average Bonchev–Trinajstić information content (AvgIpc) is 2.90. The van der Waals surface area contributed by atoms with Crippen LogP contribution in [0.25, 0.3) is 0 Å².